The molecule has 130 valence electrons. The molecule has 2 aromatic carbocycles. The standard InChI is InChI=1S/C19H25NO3S/c1-12(2)17-11-19(15(5)10-18(17)23-6)24(21,22)20-16-8-13(3)7-14(4)9-16/h7-12,20H,1-6H3. The number of hydrogen-bond donors (Lipinski definition) is 1. The molecule has 2 aromatic rings. The van der Waals surface area contributed by atoms with Crippen molar-refractivity contribution in [1.29, 1.82) is 0 Å². The molecule has 0 aliphatic carbocycles. The molecule has 0 aliphatic heterocycles. The third kappa shape index (κ3) is 3.90. The van der Waals surface area contributed by atoms with Gasteiger partial charge in [-0.15, -0.1) is 0 Å². The third-order valence-electron chi connectivity index (χ3n) is 3.91. The van der Waals surface area contributed by atoms with Crippen LogP contribution in [0.3, 0.4) is 0 Å². The van der Waals surface area contributed by atoms with Crippen LogP contribution < -0.4 is 9.46 Å². The largest absolute Gasteiger partial charge is 0.496 e. The topological polar surface area (TPSA) is 55.4 Å². The highest BCUT2D eigenvalue weighted by atomic mass is 32.2. The van der Waals surface area contributed by atoms with E-state index in [4.69, 9.17) is 4.74 Å². The lowest BCUT2D eigenvalue weighted by molar-refractivity contribution is 0.406. The van der Waals surface area contributed by atoms with Crippen LogP contribution in [-0.2, 0) is 10.0 Å². The fraction of sp³-hybridized carbons (Fsp3) is 0.368. The van der Waals surface area contributed by atoms with Gasteiger partial charge in [-0.2, -0.15) is 0 Å². The first kappa shape index (κ1) is 18.3. The molecular formula is C19H25NO3S. The first-order valence-electron chi connectivity index (χ1n) is 7.93. The molecule has 0 aromatic heterocycles. The summed E-state index contributed by atoms with van der Waals surface area (Å²) in [6.45, 7) is 9.70. The number of benzene rings is 2. The van der Waals surface area contributed by atoms with Gasteiger partial charge in [0.25, 0.3) is 10.0 Å². The van der Waals surface area contributed by atoms with E-state index in [-0.39, 0.29) is 10.8 Å². The summed E-state index contributed by atoms with van der Waals surface area (Å²) in [5.41, 5.74) is 4.15. The highest BCUT2D eigenvalue weighted by Crippen LogP contribution is 2.32. The van der Waals surface area contributed by atoms with E-state index >= 15 is 0 Å². The first-order valence-corrected chi connectivity index (χ1v) is 9.42. The number of methoxy groups -OCH3 is 1. The average molecular weight is 347 g/mol. The van der Waals surface area contributed by atoms with E-state index < -0.39 is 10.0 Å². The van der Waals surface area contributed by atoms with Gasteiger partial charge in [0.2, 0.25) is 0 Å². The molecule has 0 aliphatic rings. The summed E-state index contributed by atoms with van der Waals surface area (Å²) in [6, 6.07) is 9.15. The van der Waals surface area contributed by atoms with Gasteiger partial charge in [-0.05, 0) is 73.2 Å². The summed E-state index contributed by atoms with van der Waals surface area (Å²) in [7, 11) is -2.06. The lowest BCUT2D eigenvalue weighted by Gasteiger charge is -2.17. The van der Waals surface area contributed by atoms with E-state index in [0.717, 1.165) is 16.7 Å². The Hall–Kier alpha value is -2.01. The molecule has 24 heavy (non-hydrogen) atoms. The van der Waals surface area contributed by atoms with Gasteiger partial charge in [0.05, 0.1) is 12.0 Å². The fourth-order valence-corrected chi connectivity index (χ4v) is 4.14. The van der Waals surface area contributed by atoms with Crippen molar-refractivity contribution >= 4 is 15.7 Å². The Morgan fingerprint density at radius 1 is 0.958 bits per heavy atom. The van der Waals surface area contributed by atoms with E-state index in [1.165, 1.54) is 0 Å². The highest BCUT2D eigenvalue weighted by Gasteiger charge is 2.21. The van der Waals surface area contributed by atoms with Crippen LogP contribution in [0.25, 0.3) is 0 Å². The molecule has 0 radical (unpaired) electrons. The number of hydrogen-bond acceptors (Lipinski definition) is 3. The van der Waals surface area contributed by atoms with E-state index in [0.29, 0.717) is 17.0 Å². The normalized spacial score (nSPS) is 11.6. The Balaban J connectivity index is 2.50. The minimum Gasteiger partial charge on any atom is -0.496 e. The summed E-state index contributed by atoms with van der Waals surface area (Å²) in [5.74, 6) is 0.878. The Morgan fingerprint density at radius 2 is 1.54 bits per heavy atom. The third-order valence-corrected chi connectivity index (χ3v) is 5.44. The lowest BCUT2D eigenvalue weighted by atomic mass is 10.0. The average Bonchev–Trinajstić information content (AvgIpc) is 2.44. The lowest BCUT2D eigenvalue weighted by Crippen LogP contribution is -2.15. The smallest absolute Gasteiger partial charge is 0.262 e. The van der Waals surface area contributed by atoms with E-state index in [1.807, 2.05) is 45.9 Å². The number of nitrogens with one attached hydrogen (secondary N) is 1. The summed E-state index contributed by atoms with van der Waals surface area (Å²) < 4.78 is 33.8. The Morgan fingerprint density at radius 3 is 2.04 bits per heavy atom. The predicted octanol–water partition coefficient (Wildman–Crippen LogP) is 4.54. The molecule has 5 heteroatoms. The van der Waals surface area contributed by atoms with Crippen molar-refractivity contribution in [2.24, 2.45) is 0 Å². The molecule has 0 atom stereocenters. The minimum absolute atomic E-state index is 0.163. The molecule has 0 amide bonds. The SMILES string of the molecule is COc1cc(C)c(S(=O)(=O)Nc2cc(C)cc(C)c2)cc1C(C)C. The summed E-state index contributed by atoms with van der Waals surface area (Å²) in [6.07, 6.45) is 0. The zero-order chi connectivity index (χ0) is 18.1. The first-order chi connectivity index (χ1) is 11.1. The molecule has 0 saturated heterocycles. The Bertz CT molecular complexity index is 835. The molecule has 2 rings (SSSR count). The summed E-state index contributed by atoms with van der Waals surface area (Å²) in [5, 5.41) is 0. The number of anilines is 1. The molecule has 0 fully saturated rings. The number of aryl methyl sites for hydroxylation is 3. The van der Waals surface area contributed by atoms with Gasteiger partial charge in [-0.1, -0.05) is 19.9 Å². The van der Waals surface area contributed by atoms with Crippen LogP contribution >= 0.6 is 0 Å². The van der Waals surface area contributed by atoms with Gasteiger partial charge in [0.1, 0.15) is 5.75 Å². The van der Waals surface area contributed by atoms with E-state index in [1.54, 1.807) is 26.2 Å². The van der Waals surface area contributed by atoms with Crippen molar-refractivity contribution in [3.63, 3.8) is 0 Å². The minimum atomic E-state index is -3.66. The van der Waals surface area contributed by atoms with Crippen molar-refractivity contribution in [2.45, 2.75) is 45.4 Å². The summed E-state index contributed by atoms with van der Waals surface area (Å²) >= 11 is 0. The Labute approximate surface area is 144 Å². The van der Waals surface area contributed by atoms with Crippen LogP contribution in [0.2, 0.25) is 0 Å². The van der Waals surface area contributed by atoms with Gasteiger partial charge >= 0.3 is 0 Å². The highest BCUT2D eigenvalue weighted by molar-refractivity contribution is 7.92. The predicted molar refractivity (Wildman–Crippen MR) is 98.5 cm³/mol. The van der Waals surface area contributed by atoms with Crippen molar-refractivity contribution in [3.8, 4) is 5.75 Å². The summed E-state index contributed by atoms with van der Waals surface area (Å²) in [4.78, 5) is 0.283. The number of rotatable bonds is 5. The second kappa shape index (κ2) is 6.85. The zero-order valence-corrected chi connectivity index (χ0v) is 15.9. The van der Waals surface area contributed by atoms with Crippen LogP contribution in [-0.4, -0.2) is 15.5 Å². The van der Waals surface area contributed by atoms with Gasteiger partial charge < -0.3 is 4.74 Å². The fourth-order valence-electron chi connectivity index (χ4n) is 2.84. The number of sulfonamides is 1. The van der Waals surface area contributed by atoms with Crippen molar-refractivity contribution in [3.05, 3.63) is 52.6 Å². The quantitative estimate of drug-likeness (QED) is 0.863. The second-order valence-corrected chi connectivity index (χ2v) is 8.15. The Kier molecular flexibility index (Phi) is 5.23. The molecule has 0 heterocycles. The van der Waals surface area contributed by atoms with Crippen LogP contribution in [0.4, 0.5) is 5.69 Å². The van der Waals surface area contributed by atoms with Gasteiger partial charge in [0.15, 0.2) is 0 Å². The zero-order valence-electron chi connectivity index (χ0n) is 15.1. The molecule has 0 bridgehead atoms. The monoisotopic (exact) mass is 347 g/mol. The van der Waals surface area contributed by atoms with Crippen molar-refractivity contribution < 1.29 is 13.2 Å². The van der Waals surface area contributed by atoms with Crippen LogP contribution in [0, 0.1) is 20.8 Å². The van der Waals surface area contributed by atoms with E-state index in [2.05, 4.69) is 4.72 Å². The van der Waals surface area contributed by atoms with Gasteiger partial charge in [0, 0.05) is 5.69 Å². The second-order valence-electron chi connectivity index (χ2n) is 6.50. The maximum Gasteiger partial charge on any atom is 0.262 e. The van der Waals surface area contributed by atoms with Crippen LogP contribution in [0.1, 0.15) is 42.0 Å². The molecule has 0 spiro atoms. The van der Waals surface area contributed by atoms with Crippen molar-refractivity contribution in [2.75, 3.05) is 11.8 Å². The maximum absolute atomic E-state index is 12.9. The molecule has 4 nitrogen and oxygen atoms in total. The van der Waals surface area contributed by atoms with E-state index in [9.17, 15) is 8.42 Å². The molecular weight excluding hydrogens is 322 g/mol. The van der Waals surface area contributed by atoms with Gasteiger partial charge in [-0.25, -0.2) is 8.42 Å². The van der Waals surface area contributed by atoms with Crippen LogP contribution in [0.5, 0.6) is 5.75 Å². The molecule has 0 unspecified atom stereocenters. The molecule has 0 saturated carbocycles. The maximum atomic E-state index is 12.9. The number of ether oxygens (including phenoxy) is 1. The van der Waals surface area contributed by atoms with Gasteiger partial charge in [-0.3, -0.25) is 4.72 Å². The molecule has 1 N–H and O–H groups in total. The van der Waals surface area contributed by atoms with Crippen LogP contribution in [0.15, 0.2) is 35.2 Å². The van der Waals surface area contributed by atoms with Crippen molar-refractivity contribution in [1.82, 2.24) is 0 Å².